The summed E-state index contributed by atoms with van der Waals surface area (Å²) >= 11 is 0. The number of hydrogen-bond donors (Lipinski definition) is 1. The molecule has 4 rings (SSSR count). The summed E-state index contributed by atoms with van der Waals surface area (Å²) in [5, 5.41) is 7.67. The smallest absolute Gasteiger partial charge is 0.232 e. The Morgan fingerprint density at radius 2 is 1.87 bits per heavy atom. The SMILES string of the molecule is CN1C[C@@H]2CN(CC3CON=C(C4(C)CCNCC4)O3)C[C@@H]2C1. The van der Waals surface area contributed by atoms with Gasteiger partial charge in [-0.3, -0.25) is 4.90 Å². The van der Waals surface area contributed by atoms with E-state index < -0.39 is 0 Å². The maximum atomic E-state index is 6.28. The minimum atomic E-state index is 0.0359. The van der Waals surface area contributed by atoms with Gasteiger partial charge in [-0.05, 0) is 44.8 Å². The first-order valence-electron chi connectivity index (χ1n) is 9.11. The summed E-state index contributed by atoms with van der Waals surface area (Å²) in [6.07, 6.45) is 2.27. The average molecular weight is 322 g/mol. The standard InChI is InChI=1S/C17H30N4O2/c1-17(3-5-18-6-4-17)16-19-22-12-15(23-16)11-21-9-13-7-20(2)8-14(13)10-21/h13-15,18H,3-12H2,1-2H3/t13-,14+,15?. The Kier molecular flexibility index (Phi) is 4.24. The van der Waals surface area contributed by atoms with Crippen LogP contribution in [0.2, 0.25) is 0 Å². The first-order valence-corrected chi connectivity index (χ1v) is 9.11. The van der Waals surface area contributed by atoms with Crippen molar-refractivity contribution in [3.05, 3.63) is 0 Å². The average Bonchev–Trinajstić information content (AvgIpc) is 3.05. The molecule has 0 bridgehead atoms. The molecule has 0 aromatic carbocycles. The zero-order valence-electron chi connectivity index (χ0n) is 14.5. The van der Waals surface area contributed by atoms with E-state index in [4.69, 9.17) is 9.57 Å². The first kappa shape index (κ1) is 15.7. The van der Waals surface area contributed by atoms with Gasteiger partial charge in [0.25, 0.3) is 0 Å². The maximum Gasteiger partial charge on any atom is 0.232 e. The van der Waals surface area contributed by atoms with Crippen molar-refractivity contribution in [2.75, 3.05) is 59.5 Å². The highest BCUT2D eigenvalue weighted by molar-refractivity contribution is 5.82. The number of nitrogens with zero attached hydrogens (tertiary/aromatic N) is 3. The third kappa shape index (κ3) is 3.21. The maximum absolute atomic E-state index is 6.28. The van der Waals surface area contributed by atoms with Gasteiger partial charge in [0.2, 0.25) is 5.90 Å². The minimum Gasteiger partial charge on any atom is -0.470 e. The van der Waals surface area contributed by atoms with E-state index in [9.17, 15) is 0 Å². The van der Waals surface area contributed by atoms with E-state index in [1.165, 1.54) is 26.2 Å². The van der Waals surface area contributed by atoms with Gasteiger partial charge in [0.1, 0.15) is 6.10 Å². The lowest BCUT2D eigenvalue weighted by atomic mass is 9.80. The summed E-state index contributed by atoms with van der Waals surface area (Å²) < 4.78 is 6.28. The van der Waals surface area contributed by atoms with Gasteiger partial charge in [0, 0.05) is 38.1 Å². The molecule has 1 N–H and O–H groups in total. The van der Waals surface area contributed by atoms with Crippen LogP contribution < -0.4 is 5.32 Å². The second kappa shape index (κ2) is 6.22. The van der Waals surface area contributed by atoms with Crippen molar-refractivity contribution in [1.29, 1.82) is 0 Å². The largest absolute Gasteiger partial charge is 0.470 e. The Bertz CT molecular complexity index is 450. The fraction of sp³-hybridized carbons (Fsp3) is 0.941. The van der Waals surface area contributed by atoms with Gasteiger partial charge in [0.15, 0.2) is 6.61 Å². The molecule has 23 heavy (non-hydrogen) atoms. The number of oxime groups is 1. The molecule has 130 valence electrons. The number of ether oxygens (including phenoxy) is 1. The molecule has 1 unspecified atom stereocenters. The van der Waals surface area contributed by atoms with E-state index >= 15 is 0 Å². The summed E-state index contributed by atoms with van der Waals surface area (Å²) in [4.78, 5) is 10.6. The van der Waals surface area contributed by atoms with Crippen molar-refractivity contribution >= 4 is 5.90 Å². The molecule has 0 spiro atoms. The van der Waals surface area contributed by atoms with Crippen molar-refractivity contribution in [3.63, 3.8) is 0 Å². The predicted molar refractivity (Wildman–Crippen MR) is 89.4 cm³/mol. The number of rotatable bonds is 3. The minimum absolute atomic E-state index is 0.0359. The highest BCUT2D eigenvalue weighted by Crippen LogP contribution is 2.33. The van der Waals surface area contributed by atoms with Crippen LogP contribution >= 0.6 is 0 Å². The second-order valence-electron chi connectivity index (χ2n) is 8.20. The van der Waals surface area contributed by atoms with Crippen LogP contribution in [0.3, 0.4) is 0 Å². The molecule has 3 atom stereocenters. The number of fused-ring (bicyclic) bond motifs is 1. The van der Waals surface area contributed by atoms with Crippen molar-refractivity contribution in [1.82, 2.24) is 15.1 Å². The lowest BCUT2D eigenvalue weighted by Gasteiger charge is -2.37. The molecule has 4 heterocycles. The van der Waals surface area contributed by atoms with Crippen molar-refractivity contribution in [2.45, 2.75) is 25.9 Å². The van der Waals surface area contributed by atoms with Crippen molar-refractivity contribution in [2.24, 2.45) is 22.4 Å². The summed E-state index contributed by atoms with van der Waals surface area (Å²) in [6.45, 7) is 10.8. The van der Waals surface area contributed by atoms with E-state index in [0.717, 1.165) is 50.2 Å². The third-order valence-corrected chi connectivity index (χ3v) is 6.12. The van der Waals surface area contributed by atoms with Crippen molar-refractivity contribution < 1.29 is 9.57 Å². The van der Waals surface area contributed by atoms with Crippen LogP contribution in [-0.2, 0) is 9.57 Å². The second-order valence-corrected chi connectivity index (χ2v) is 8.20. The molecule has 4 aliphatic heterocycles. The van der Waals surface area contributed by atoms with E-state index in [1.54, 1.807) is 0 Å². The van der Waals surface area contributed by atoms with Crippen LogP contribution in [0.5, 0.6) is 0 Å². The fourth-order valence-corrected chi connectivity index (χ4v) is 4.69. The van der Waals surface area contributed by atoms with Crippen molar-refractivity contribution in [3.8, 4) is 0 Å². The number of piperidine rings is 1. The van der Waals surface area contributed by atoms with Gasteiger partial charge in [-0.1, -0.05) is 12.1 Å². The summed E-state index contributed by atoms with van der Waals surface area (Å²) in [5.41, 5.74) is 0.0359. The molecule has 0 aliphatic carbocycles. The quantitative estimate of drug-likeness (QED) is 0.824. The van der Waals surface area contributed by atoms with E-state index in [0.29, 0.717) is 6.61 Å². The molecule has 3 saturated heterocycles. The number of nitrogens with one attached hydrogen (secondary N) is 1. The molecular formula is C17H30N4O2. The Balaban J connectivity index is 1.32. The molecule has 6 nitrogen and oxygen atoms in total. The summed E-state index contributed by atoms with van der Waals surface area (Å²) in [6, 6.07) is 0. The lowest BCUT2D eigenvalue weighted by Crippen LogP contribution is -2.47. The van der Waals surface area contributed by atoms with Crippen LogP contribution in [0.4, 0.5) is 0 Å². The molecular weight excluding hydrogens is 292 g/mol. The Morgan fingerprint density at radius 3 is 2.57 bits per heavy atom. The first-order chi connectivity index (χ1) is 11.1. The van der Waals surface area contributed by atoms with Gasteiger partial charge in [0.05, 0.1) is 0 Å². The number of likely N-dealkylation sites (tertiary alicyclic amines) is 2. The van der Waals surface area contributed by atoms with E-state index in [2.05, 4.69) is 34.2 Å². The van der Waals surface area contributed by atoms with E-state index in [-0.39, 0.29) is 11.5 Å². The molecule has 3 fully saturated rings. The lowest BCUT2D eigenvalue weighted by molar-refractivity contribution is -0.0191. The molecule has 6 heteroatoms. The van der Waals surface area contributed by atoms with Crippen LogP contribution in [0.1, 0.15) is 19.8 Å². The van der Waals surface area contributed by atoms with Crippen LogP contribution in [0.25, 0.3) is 0 Å². The van der Waals surface area contributed by atoms with Gasteiger partial charge >= 0.3 is 0 Å². The Hall–Kier alpha value is -0.850. The predicted octanol–water partition coefficient (Wildman–Crippen LogP) is 0.598. The molecule has 0 amide bonds. The van der Waals surface area contributed by atoms with Crippen LogP contribution in [0, 0.1) is 17.3 Å². The topological polar surface area (TPSA) is 49.3 Å². The van der Waals surface area contributed by atoms with Crippen LogP contribution in [-0.4, -0.2) is 81.3 Å². The molecule has 0 radical (unpaired) electrons. The zero-order valence-corrected chi connectivity index (χ0v) is 14.5. The molecule has 0 aromatic rings. The monoisotopic (exact) mass is 322 g/mol. The normalized spacial score (nSPS) is 37.8. The fourth-order valence-electron chi connectivity index (χ4n) is 4.69. The summed E-state index contributed by atoms with van der Waals surface area (Å²) in [5.74, 6) is 2.52. The van der Waals surface area contributed by atoms with Gasteiger partial charge in [-0.25, -0.2) is 0 Å². The van der Waals surface area contributed by atoms with Gasteiger partial charge < -0.3 is 19.8 Å². The molecule has 0 aromatic heterocycles. The Labute approximate surface area is 139 Å². The van der Waals surface area contributed by atoms with Gasteiger partial charge in [-0.2, -0.15) is 0 Å². The van der Waals surface area contributed by atoms with Crippen LogP contribution in [0.15, 0.2) is 5.16 Å². The highest BCUT2D eigenvalue weighted by atomic mass is 16.7. The molecule has 4 aliphatic rings. The van der Waals surface area contributed by atoms with Gasteiger partial charge in [-0.15, -0.1) is 0 Å². The highest BCUT2D eigenvalue weighted by Gasteiger charge is 2.41. The summed E-state index contributed by atoms with van der Waals surface area (Å²) in [7, 11) is 2.24. The Morgan fingerprint density at radius 1 is 1.17 bits per heavy atom. The molecule has 0 saturated carbocycles. The third-order valence-electron chi connectivity index (χ3n) is 6.12. The zero-order chi connectivity index (χ0) is 15.9. The number of hydrogen-bond acceptors (Lipinski definition) is 6. The van der Waals surface area contributed by atoms with E-state index in [1.807, 2.05) is 0 Å².